The molecule has 2 rings (SSSR count). The van der Waals surface area contributed by atoms with Crippen LogP contribution in [0.2, 0.25) is 5.02 Å². The Hall–Kier alpha value is -2.57. The van der Waals surface area contributed by atoms with Gasteiger partial charge in [-0.2, -0.15) is 0 Å². The third-order valence-electron chi connectivity index (χ3n) is 3.98. The van der Waals surface area contributed by atoms with E-state index in [0.717, 1.165) is 0 Å². The fraction of sp³-hybridized carbons (Fsp3) is 0.333. The maximum absolute atomic E-state index is 12.8. The Bertz CT molecular complexity index is 837. The Morgan fingerprint density at radius 2 is 1.79 bits per heavy atom. The van der Waals surface area contributed by atoms with Crippen LogP contribution < -0.4 is 10.1 Å². The molecule has 2 aromatic carbocycles. The van der Waals surface area contributed by atoms with Gasteiger partial charge in [0.1, 0.15) is 12.4 Å². The largest absolute Gasteiger partial charge is 0.490 e. The SMILES string of the molecule is CC(C)OCCOc1ccc(Cl)cc1C(=O)N[C@@H](C)c1ccccc1C(=O)O. The van der Waals surface area contributed by atoms with Gasteiger partial charge in [-0.1, -0.05) is 29.8 Å². The van der Waals surface area contributed by atoms with Gasteiger partial charge in [0.25, 0.3) is 5.91 Å². The van der Waals surface area contributed by atoms with Crippen LogP contribution in [0.3, 0.4) is 0 Å². The molecule has 0 saturated heterocycles. The van der Waals surface area contributed by atoms with Crippen molar-refractivity contribution in [1.29, 1.82) is 0 Å². The number of carboxylic acids is 1. The molecule has 1 amide bonds. The van der Waals surface area contributed by atoms with Crippen LogP contribution in [0.1, 0.15) is 53.1 Å². The van der Waals surface area contributed by atoms with Crippen LogP contribution in [0.15, 0.2) is 42.5 Å². The first-order valence-electron chi connectivity index (χ1n) is 8.96. The van der Waals surface area contributed by atoms with Crippen molar-refractivity contribution in [3.05, 3.63) is 64.2 Å². The van der Waals surface area contributed by atoms with Gasteiger partial charge in [0, 0.05) is 5.02 Å². The van der Waals surface area contributed by atoms with E-state index >= 15 is 0 Å². The Labute approximate surface area is 169 Å². The molecule has 0 radical (unpaired) electrons. The highest BCUT2D eigenvalue weighted by Crippen LogP contribution is 2.25. The molecule has 150 valence electrons. The van der Waals surface area contributed by atoms with Crippen molar-refractivity contribution in [2.24, 2.45) is 0 Å². The summed E-state index contributed by atoms with van der Waals surface area (Å²) >= 11 is 6.05. The molecular weight excluding hydrogens is 382 g/mol. The lowest BCUT2D eigenvalue weighted by Crippen LogP contribution is -2.28. The lowest BCUT2D eigenvalue weighted by Gasteiger charge is -2.18. The fourth-order valence-corrected chi connectivity index (χ4v) is 2.83. The molecule has 0 heterocycles. The number of benzene rings is 2. The molecule has 28 heavy (non-hydrogen) atoms. The van der Waals surface area contributed by atoms with E-state index in [1.807, 2.05) is 13.8 Å². The minimum Gasteiger partial charge on any atom is -0.490 e. The number of amides is 1. The molecule has 2 aromatic rings. The smallest absolute Gasteiger partial charge is 0.336 e. The number of hydrogen-bond donors (Lipinski definition) is 2. The number of carbonyl (C=O) groups excluding carboxylic acids is 1. The summed E-state index contributed by atoms with van der Waals surface area (Å²) in [5, 5.41) is 12.6. The average Bonchev–Trinajstić information content (AvgIpc) is 2.65. The van der Waals surface area contributed by atoms with Crippen molar-refractivity contribution in [1.82, 2.24) is 5.32 Å². The first-order valence-corrected chi connectivity index (χ1v) is 9.34. The molecule has 0 spiro atoms. The molecule has 2 N–H and O–H groups in total. The molecule has 0 aliphatic carbocycles. The Balaban J connectivity index is 2.15. The molecule has 0 unspecified atom stereocenters. The van der Waals surface area contributed by atoms with E-state index in [1.54, 1.807) is 37.3 Å². The average molecular weight is 406 g/mol. The zero-order valence-corrected chi connectivity index (χ0v) is 16.8. The minimum atomic E-state index is -1.05. The first kappa shape index (κ1) is 21.7. The van der Waals surface area contributed by atoms with Crippen LogP contribution in [-0.4, -0.2) is 36.3 Å². The fourth-order valence-electron chi connectivity index (χ4n) is 2.66. The molecule has 0 saturated carbocycles. The second-order valence-electron chi connectivity index (χ2n) is 6.50. The molecule has 0 aromatic heterocycles. The summed E-state index contributed by atoms with van der Waals surface area (Å²) in [4.78, 5) is 24.2. The summed E-state index contributed by atoms with van der Waals surface area (Å²) in [6, 6.07) is 10.8. The minimum absolute atomic E-state index is 0.0896. The van der Waals surface area contributed by atoms with Crippen molar-refractivity contribution >= 4 is 23.5 Å². The van der Waals surface area contributed by atoms with Gasteiger partial charge in [-0.3, -0.25) is 4.79 Å². The number of halogens is 1. The van der Waals surface area contributed by atoms with Crippen LogP contribution in [-0.2, 0) is 4.74 Å². The van der Waals surface area contributed by atoms with Gasteiger partial charge in [0.05, 0.1) is 29.9 Å². The second-order valence-corrected chi connectivity index (χ2v) is 6.93. The number of carboxylic acid groups (broad SMARTS) is 1. The number of ether oxygens (including phenoxy) is 2. The van der Waals surface area contributed by atoms with E-state index in [-0.39, 0.29) is 23.8 Å². The van der Waals surface area contributed by atoms with Crippen LogP contribution in [0.25, 0.3) is 0 Å². The van der Waals surface area contributed by atoms with E-state index in [2.05, 4.69) is 5.32 Å². The highest BCUT2D eigenvalue weighted by Gasteiger charge is 2.20. The van der Waals surface area contributed by atoms with Gasteiger partial charge >= 0.3 is 5.97 Å². The van der Waals surface area contributed by atoms with E-state index in [1.165, 1.54) is 12.1 Å². The van der Waals surface area contributed by atoms with Crippen molar-refractivity contribution in [3.63, 3.8) is 0 Å². The van der Waals surface area contributed by atoms with Crippen molar-refractivity contribution in [2.45, 2.75) is 32.9 Å². The molecule has 1 atom stereocenters. The molecule has 0 fully saturated rings. The van der Waals surface area contributed by atoms with E-state index in [4.69, 9.17) is 21.1 Å². The van der Waals surface area contributed by atoms with Crippen LogP contribution in [0, 0.1) is 0 Å². The third-order valence-corrected chi connectivity index (χ3v) is 4.22. The summed E-state index contributed by atoms with van der Waals surface area (Å²) in [6.45, 7) is 6.26. The standard InChI is InChI=1S/C21H24ClNO5/c1-13(2)27-10-11-28-19-9-8-15(22)12-18(19)20(24)23-14(3)16-6-4-5-7-17(16)21(25)26/h4-9,12-14H,10-11H2,1-3H3,(H,23,24)(H,25,26)/t14-/m0/s1. The van der Waals surface area contributed by atoms with Gasteiger partial charge in [0.2, 0.25) is 0 Å². The third kappa shape index (κ3) is 5.97. The molecule has 0 aliphatic heterocycles. The molecule has 7 heteroatoms. The summed E-state index contributed by atoms with van der Waals surface area (Å²) < 4.78 is 11.1. The van der Waals surface area contributed by atoms with Crippen LogP contribution in [0.5, 0.6) is 5.75 Å². The number of hydrogen-bond acceptors (Lipinski definition) is 4. The Morgan fingerprint density at radius 1 is 1.07 bits per heavy atom. The molecule has 0 aliphatic rings. The monoisotopic (exact) mass is 405 g/mol. The highest BCUT2D eigenvalue weighted by atomic mass is 35.5. The van der Waals surface area contributed by atoms with Gasteiger partial charge in [-0.25, -0.2) is 4.79 Å². The van der Waals surface area contributed by atoms with Crippen LogP contribution in [0.4, 0.5) is 0 Å². The second kappa shape index (κ2) is 10.1. The van der Waals surface area contributed by atoms with Crippen molar-refractivity contribution in [3.8, 4) is 5.75 Å². The van der Waals surface area contributed by atoms with Gasteiger partial charge < -0.3 is 19.9 Å². The topological polar surface area (TPSA) is 84.9 Å². The quantitative estimate of drug-likeness (QED) is 0.606. The molecule has 6 nitrogen and oxygen atoms in total. The predicted octanol–water partition coefficient (Wildman–Crippen LogP) is 4.33. The maximum atomic E-state index is 12.8. The first-order chi connectivity index (χ1) is 13.3. The predicted molar refractivity (Wildman–Crippen MR) is 107 cm³/mol. The lowest BCUT2D eigenvalue weighted by molar-refractivity contribution is 0.0548. The normalized spacial score (nSPS) is 11.9. The highest BCUT2D eigenvalue weighted by molar-refractivity contribution is 6.31. The molecular formula is C21H24ClNO5. The number of rotatable bonds is 9. The van der Waals surface area contributed by atoms with Gasteiger partial charge in [0.15, 0.2) is 0 Å². The molecule has 0 bridgehead atoms. The number of carbonyl (C=O) groups is 2. The van der Waals surface area contributed by atoms with Gasteiger partial charge in [-0.05, 0) is 50.6 Å². The number of nitrogens with one attached hydrogen (secondary N) is 1. The maximum Gasteiger partial charge on any atom is 0.336 e. The van der Waals surface area contributed by atoms with Crippen molar-refractivity contribution < 1.29 is 24.2 Å². The van der Waals surface area contributed by atoms with E-state index in [0.29, 0.717) is 22.9 Å². The Kier molecular flexibility index (Phi) is 7.84. The zero-order chi connectivity index (χ0) is 20.7. The van der Waals surface area contributed by atoms with E-state index < -0.39 is 17.9 Å². The summed E-state index contributed by atoms with van der Waals surface area (Å²) in [6.07, 6.45) is 0.0896. The number of aromatic carboxylic acids is 1. The zero-order valence-electron chi connectivity index (χ0n) is 16.1. The lowest BCUT2D eigenvalue weighted by atomic mass is 10.0. The van der Waals surface area contributed by atoms with E-state index in [9.17, 15) is 14.7 Å². The summed E-state index contributed by atoms with van der Waals surface area (Å²) in [5.41, 5.74) is 0.929. The van der Waals surface area contributed by atoms with Crippen LogP contribution >= 0.6 is 11.6 Å². The summed E-state index contributed by atoms with van der Waals surface area (Å²) in [7, 11) is 0. The van der Waals surface area contributed by atoms with Crippen molar-refractivity contribution in [2.75, 3.05) is 13.2 Å². The Morgan fingerprint density at radius 3 is 2.46 bits per heavy atom. The van der Waals surface area contributed by atoms with Gasteiger partial charge in [-0.15, -0.1) is 0 Å². The summed E-state index contributed by atoms with van der Waals surface area (Å²) in [5.74, 6) is -1.07.